The van der Waals surface area contributed by atoms with Gasteiger partial charge in [-0.05, 0) is 58.6 Å². The van der Waals surface area contributed by atoms with Crippen LogP contribution in [0, 0.1) is 5.92 Å². The third kappa shape index (κ3) is 4.90. The number of carbonyl (C=O) groups is 1. The van der Waals surface area contributed by atoms with E-state index in [1.165, 1.54) is 15.6 Å². The van der Waals surface area contributed by atoms with Gasteiger partial charge in [-0.2, -0.15) is 4.31 Å². The van der Waals surface area contributed by atoms with Crippen LogP contribution >= 0.6 is 27.3 Å². The fourth-order valence-electron chi connectivity index (χ4n) is 3.02. The maximum absolute atomic E-state index is 12.8. The molecule has 0 aliphatic carbocycles. The highest BCUT2D eigenvalue weighted by atomic mass is 79.9. The minimum Gasteiger partial charge on any atom is -0.497 e. The molecule has 1 aromatic heterocycles. The fraction of sp³-hybridized carbons (Fsp3) is 0.389. The van der Waals surface area contributed by atoms with E-state index in [1.807, 2.05) is 24.3 Å². The number of thiophene rings is 1. The zero-order valence-electron chi connectivity index (χ0n) is 14.9. The van der Waals surface area contributed by atoms with Crippen molar-refractivity contribution >= 4 is 43.2 Å². The largest absolute Gasteiger partial charge is 0.497 e. The van der Waals surface area contributed by atoms with E-state index in [-0.39, 0.29) is 18.4 Å². The Kier molecular flexibility index (Phi) is 6.56. The number of methoxy groups -OCH3 is 1. The summed E-state index contributed by atoms with van der Waals surface area (Å²) in [5.74, 6) is 0.312. The molecule has 1 saturated heterocycles. The first-order valence-corrected chi connectivity index (χ1v) is 11.6. The van der Waals surface area contributed by atoms with Crippen LogP contribution in [-0.4, -0.2) is 38.8 Å². The van der Waals surface area contributed by atoms with Crippen LogP contribution in [0.1, 0.15) is 18.4 Å². The molecule has 1 aromatic carbocycles. The van der Waals surface area contributed by atoms with E-state index in [0.29, 0.717) is 30.1 Å². The molecule has 0 radical (unpaired) electrons. The number of carbonyl (C=O) groups excluding carboxylic acids is 1. The molecule has 1 aliphatic heterocycles. The lowest BCUT2D eigenvalue weighted by atomic mass is 9.99. The molecule has 9 heteroatoms. The average Bonchev–Trinajstić information content (AvgIpc) is 3.14. The van der Waals surface area contributed by atoms with Crippen molar-refractivity contribution in [2.24, 2.45) is 5.92 Å². The Balaban J connectivity index is 1.60. The standard InChI is InChI=1S/C18H21BrN2O4S2/c1-25-15-6-4-13(5-7-15)11-20-18(22)14-3-2-10-21(12-14)27(23,24)17-9-8-16(19)26-17/h4-9,14H,2-3,10-12H2,1H3,(H,20,22)/t14-/m0/s1. The summed E-state index contributed by atoms with van der Waals surface area (Å²) in [6.45, 7) is 1.07. The van der Waals surface area contributed by atoms with Crippen LogP contribution < -0.4 is 10.1 Å². The second-order valence-corrected chi connectivity index (χ2v) is 11.0. The molecule has 1 aliphatic rings. The number of nitrogens with zero attached hydrogens (tertiary/aromatic N) is 1. The number of piperidine rings is 1. The Morgan fingerprint density at radius 3 is 2.67 bits per heavy atom. The van der Waals surface area contributed by atoms with Crippen LogP contribution in [0.15, 0.2) is 44.4 Å². The highest BCUT2D eigenvalue weighted by Gasteiger charge is 2.33. The van der Waals surface area contributed by atoms with E-state index >= 15 is 0 Å². The van der Waals surface area contributed by atoms with Gasteiger partial charge in [0.2, 0.25) is 5.91 Å². The minimum atomic E-state index is -3.55. The second kappa shape index (κ2) is 8.72. The lowest BCUT2D eigenvalue weighted by Crippen LogP contribution is -2.45. The summed E-state index contributed by atoms with van der Waals surface area (Å²) in [5.41, 5.74) is 0.966. The van der Waals surface area contributed by atoms with Gasteiger partial charge in [-0.3, -0.25) is 4.79 Å². The summed E-state index contributed by atoms with van der Waals surface area (Å²) in [5, 5.41) is 2.92. The molecule has 3 rings (SSSR count). The summed E-state index contributed by atoms with van der Waals surface area (Å²) >= 11 is 4.48. The zero-order chi connectivity index (χ0) is 19.4. The Bertz CT molecular complexity index is 896. The Hall–Kier alpha value is -1.42. The van der Waals surface area contributed by atoms with Gasteiger partial charge in [-0.1, -0.05) is 12.1 Å². The number of hydrogen-bond acceptors (Lipinski definition) is 5. The first-order chi connectivity index (χ1) is 12.9. The molecule has 146 valence electrons. The van der Waals surface area contributed by atoms with Crippen LogP contribution in [-0.2, 0) is 21.4 Å². The molecule has 1 atom stereocenters. The summed E-state index contributed by atoms with van der Waals surface area (Å²) in [7, 11) is -1.95. The van der Waals surface area contributed by atoms with Gasteiger partial charge in [-0.15, -0.1) is 11.3 Å². The zero-order valence-corrected chi connectivity index (χ0v) is 18.1. The van der Waals surface area contributed by atoms with Crippen LogP contribution in [0.5, 0.6) is 5.75 Å². The normalized spacial score (nSPS) is 18.2. The van der Waals surface area contributed by atoms with Crippen molar-refractivity contribution in [3.8, 4) is 5.75 Å². The maximum atomic E-state index is 12.8. The van der Waals surface area contributed by atoms with E-state index in [0.717, 1.165) is 15.1 Å². The first kappa shape index (κ1) is 20.3. The molecule has 0 saturated carbocycles. The predicted octanol–water partition coefficient (Wildman–Crippen LogP) is 3.24. The van der Waals surface area contributed by atoms with E-state index < -0.39 is 10.0 Å². The van der Waals surface area contributed by atoms with Crippen molar-refractivity contribution in [2.45, 2.75) is 23.6 Å². The molecule has 1 amide bonds. The third-order valence-corrected chi connectivity index (χ3v) is 8.48. The Morgan fingerprint density at radius 2 is 2.04 bits per heavy atom. The number of sulfonamides is 1. The summed E-state index contributed by atoms with van der Waals surface area (Å²) in [6.07, 6.45) is 1.36. The van der Waals surface area contributed by atoms with Gasteiger partial charge >= 0.3 is 0 Å². The van der Waals surface area contributed by atoms with Crippen molar-refractivity contribution in [1.29, 1.82) is 0 Å². The van der Waals surface area contributed by atoms with E-state index in [4.69, 9.17) is 4.74 Å². The van der Waals surface area contributed by atoms with Gasteiger partial charge in [0.15, 0.2) is 0 Å². The first-order valence-electron chi connectivity index (χ1n) is 8.56. The number of halogens is 1. The van der Waals surface area contributed by atoms with Crippen molar-refractivity contribution in [2.75, 3.05) is 20.2 Å². The molecule has 2 aromatic rings. The predicted molar refractivity (Wildman–Crippen MR) is 108 cm³/mol. The van der Waals surface area contributed by atoms with Crippen LogP contribution in [0.25, 0.3) is 0 Å². The van der Waals surface area contributed by atoms with Gasteiger partial charge in [0.05, 0.1) is 16.8 Å². The van der Waals surface area contributed by atoms with Crippen molar-refractivity contribution < 1.29 is 17.9 Å². The molecule has 0 spiro atoms. The molecule has 1 fully saturated rings. The number of ether oxygens (including phenoxy) is 1. The highest BCUT2D eigenvalue weighted by molar-refractivity contribution is 9.11. The number of amides is 1. The molecule has 27 heavy (non-hydrogen) atoms. The van der Waals surface area contributed by atoms with Crippen molar-refractivity contribution in [3.63, 3.8) is 0 Å². The smallest absolute Gasteiger partial charge is 0.252 e. The molecule has 6 nitrogen and oxygen atoms in total. The fourth-order valence-corrected chi connectivity index (χ4v) is 6.70. The molecular formula is C18H21BrN2O4S2. The highest BCUT2D eigenvalue weighted by Crippen LogP contribution is 2.30. The lowest BCUT2D eigenvalue weighted by molar-refractivity contribution is -0.126. The van der Waals surface area contributed by atoms with Crippen molar-refractivity contribution in [3.05, 3.63) is 45.7 Å². The number of nitrogens with one attached hydrogen (secondary N) is 1. The SMILES string of the molecule is COc1ccc(CNC(=O)[C@H]2CCCN(S(=O)(=O)c3ccc(Br)s3)C2)cc1. The van der Waals surface area contributed by atoms with Gasteiger partial charge in [-0.25, -0.2) is 8.42 Å². The topological polar surface area (TPSA) is 75.7 Å². The van der Waals surface area contributed by atoms with Gasteiger partial charge in [0, 0.05) is 19.6 Å². The molecule has 0 unspecified atom stereocenters. The second-order valence-electron chi connectivity index (χ2n) is 6.33. The van der Waals surface area contributed by atoms with Crippen LogP contribution in [0.3, 0.4) is 0 Å². The molecule has 0 bridgehead atoms. The van der Waals surface area contributed by atoms with E-state index in [2.05, 4.69) is 21.2 Å². The van der Waals surface area contributed by atoms with Gasteiger partial charge in [0.1, 0.15) is 9.96 Å². The molecule has 2 heterocycles. The monoisotopic (exact) mass is 472 g/mol. The number of hydrogen-bond donors (Lipinski definition) is 1. The van der Waals surface area contributed by atoms with E-state index in [1.54, 1.807) is 19.2 Å². The number of rotatable bonds is 6. The third-order valence-electron chi connectivity index (χ3n) is 4.52. The molecular weight excluding hydrogens is 452 g/mol. The minimum absolute atomic E-state index is 0.113. The Morgan fingerprint density at radius 1 is 1.30 bits per heavy atom. The average molecular weight is 473 g/mol. The summed E-state index contributed by atoms with van der Waals surface area (Å²) in [6, 6.07) is 10.8. The van der Waals surface area contributed by atoms with Crippen LogP contribution in [0.2, 0.25) is 0 Å². The molecule has 1 N–H and O–H groups in total. The number of benzene rings is 1. The van der Waals surface area contributed by atoms with Gasteiger partial charge < -0.3 is 10.1 Å². The summed E-state index contributed by atoms with van der Waals surface area (Å²) in [4.78, 5) is 12.5. The lowest BCUT2D eigenvalue weighted by Gasteiger charge is -2.30. The maximum Gasteiger partial charge on any atom is 0.252 e. The van der Waals surface area contributed by atoms with Crippen molar-refractivity contribution in [1.82, 2.24) is 9.62 Å². The van der Waals surface area contributed by atoms with E-state index in [9.17, 15) is 13.2 Å². The van der Waals surface area contributed by atoms with Crippen LogP contribution in [0.4, 0.5) is 0 Å². The Labute approximate surface area is 171 Å². The van der Waals surface area contributed by atoms with Gasteiger partial charge in [0.25, 0.3) is 10.0 Å². The summed E-state index contributed by atoms with van der Waals surface area (Å²) < 4.78 is 33.2. The quantitative estimate of drug-likeness (QED) is 0.699.